The highest BCUT2D eigenvalue weighted by Gasteiger charge is 2.43. The number of carbonyl (C=O) groups is 2. The van der Waals surface area contributed by atoms with Gasteiger partial charge in [0.2, 0.25) is 0 Å². The van der Waals surface area contributed by atoms with Gasteiger partial charge in [0.1, 0.15) is 0 Å². The van der Waals surface area contributed by atoms with Crippen molar-refractivity contribution in [2.75, 3.05) is 26.0 Å². The lowest BCUT2D eigenvalue weighted by Gasteiger charge is -2.20. The zero-order valence-electron chi connectivity index (χ0n) is 19.4. The van der Waals surface area contributed by atoms with Crippen LogP contribution in [0.2, 0.25) is 4.34 Å². The van der Waals surface area contributed by atoms with Crippen LogP contribution < -0.4 is 5.32 Å². The lowest BCUT2D eigenvalue weighted by atomic mass is 9.91. The molecule has 1 saturated carbocycles. The van der Waals surface area contributed by atoms with Crippen molar-refractivity contribution < 1.29 is 9.59 Å². The summed E-state index contributed by atoms with van der Waals surface area (Å²) >= 11 is 7.20. The SMILES string of the molecule is CN(C)CCC1(c2ccc(CN3Cc4c(NC(=O)c5ccc(Cl)s5)cccc4C3=O)cc2)CC1. The van der Waals surface area contributed by atoms with E-state index in [1.165, 1.54) is 36.2 Å². The van der Waals surface area contributed by atoms with Crippen LogP contribution in [0.3, 0.4) is 0 Å². The number of halogens is 1. The highest BCUT2D eigenvalue weighted by molar-refractivity contribution is 7.18. The first kappa shape index (κ1) is 23.1. The maximum atomic E-state index is 13.1. The first-order valence-corrected chi connectivity index (χ1v) is 12.8. The summed E-state index contributed by atoms with van der Waals surface area (Å²) in [4.78, 5) is 30.3. The molecule has 176 valence electrons. The van der Waals surface area contributed by atoms with Gasteiger partial charge in [-0.2, -0.15) is 0 Å². The lowest BCUT2D eigenvalue weighted by Crippen LogP contribution is -2.23. The maximum absolute atomic E-state index is 13.1. The van der Waals surface area contributed by atoms with Gasteiger partial charge in [-0.1, -0.05) is 41.9 Å². The van der Waals surface area contributed by atoms with E-state index in [0.717, 1.165) is 17.7 Å². The van der Waals surface area contributed by atoms with Gasteiger partial charge in [-0.3, -0.25) is 9.59 Å². The molecule has 0 atom stereocenters. The van der Waals surface area contributed by atoms with Gasteiger partial charge < -0.3 is 15.1 Å². The number of benzene rings is 2. The number of anilines is 1. The second-order valence-corrected chi connectivity index (χ2v) is 11.3. The fourth-order valence-corrected chi connectivity index (χ4v) is 5.65. The van der Waals surface area contributed by atoms with E-state index in [9.17, 15) is 9.59 Å². The normalized spacial score (nSPS) is 16.1. The van der Waals surface area contributed by atoms with E-state index in [0.29, 0.717) is 39.0 Å². The summed E-state index contributed by atoms with van der Waals surface area (Å²) in [7, 11) is 4.25. The number of nitrogens with one attached hydrogen (secondary N) is 1. The first-order chi connectivity index (χ1) is 16.3. The van der Waals surface area contributed by atoms with E-state index in [1.807, 2.05) is 23.1 Å². The van der Waals surface area contributed by atoms with Gasteiger partial charge in [0, 0.05) is 29.9 Å². The number of hydrogen-bond donors (Lipinski definition) is 1. The molecule has 2 aromatic carbocycles. The molecule has 5 nitrogen and oxygen atoms in total. The third kappa shape index (κ3) is 4.63. The highest BCUT2D eigenvalue weighted by atomic mass is 35.5. The Bertz CT molecular complexity index is 1230. The van der Waals surface area contributed by atoms with Crippen molar-refractivity contribution in [3.8, 4) is 0 Å². The Morgan fingerprint density at radius 1 is 1.12 bits per heavy atom. The van der Waals surface area contributed by atoms with Crippen LogP contribution in [0.4, 0.5) is 5.69 Å². The van der Waals surface area contributed by atoms with Crippen molar-refractivity contribution in [1.82, 2.24) is 9.80 Å². The monoisotopic (exact) mass is 493 g/mol. The third-order valence-electron chi connectivity index (χ3n) is 6.92. The largest absolute Gasteiger partial charge is 0.330 e. The van der Waals surface area contributed by atoms with Crippen LogP contribution in [-0.4, -0.2) is 42.3 Å². The lowest BCUT2D eigenvalue weighted by molar-refractivity contribution is 0.0766. The van der Waals surface area contributed by atoms with Crippen molar-refractivity contribution in [2.24, 2.45) is 0 Å². The van der Waals surface area contributed by atoms with E-state index in [4.69, 9.17) is 11.6 Å². The number of nitrogens with zero attached hydrogens (tertiary/aromatic N) is 2. The Hall–Kier alpha value is -2.67. The molecule has 0 unspecified atom stereocenters. The number of carbonyl (C=O) groups excluding carboxylic acids is 2. The van der Waals surface area contributed by atoms with Gasteiger partial charge in [0.25, 0.3) is 11.8 Å². The predicted molar refractivity (Wildman–Crippen MR) is 138 cm³/mol. The van der Waals surface area contributed by atoms with Crippen molar-refractivity contribution >= 4 is 40.4 Å². The second-order valence-electron chi connectivity index (χ2n) is 9.58. The smallest absolute Gasteiger partial charge is 0.265 e. The first-order valence-electron chi connectivity index (χ1n) is 11.6. The van der Waals surface area contributed by atoms with Gasteiger partial charge in [0.15, 0.2) is 0 Å². The molecule has 0 spiro atoms. The molecule has 1 aliphatic carbocycles. The van der Waals surface area contributed by atoms with Gasteiger partial charge >= 0.3 is 0 Å². The van der Waals surface area contributed by atoms with Gasteiger partial charge in [0.05, 0.1) is 9.21 Å². The van der Waals surface area contributed by atoms with Gasteiger partial charge in [-0.05, 0) is 80.7 Å². The topological polar surface area (TPSA) is 52.6 Å². The molecule has 0 radical (unpaired) electrons. The average molecular weight is 494 g/mol. The standard InChI is InChI=1S/C27H28ClN3O2S/c1-30(2)15-14-27(12-13-27)19-8-6-18(7-9-19)16-31-17-21-20(26(31)33)4-3-5-22(21)29-25(32)23-10-11-24(28)34-23/h3-11H,12-17H2,1-2H3,(H,29,32). The molecule has 2 aliphatic rings. The van der Waals surface area contributed by atoms with Crippen molar-refractivity contribution in [1.29, 1.82) is 0 Å². The van der Waals surface area contributed by atoms with E-state index < -0.39 is 0 Å². The number of fused-ring (bicyclic) bond motifs is 1. The van der Waals surface area contributed by atoms with E-state index >= 15 is 0 Å². The molecule has 1 N–H and O–H groups in total. The summed E-state index contributed by atoms with van der Waals surface area (Å²) in [6.07, 6.45) is 3.70. The minimum absolute atomic E-state index is 0.000935. The number of rotatable bonds is 8. The molecular formula is C27H28ClN3O2S. The summed E-state index contributed by atoms with van der Waals surface area (Å²) in [5, 5.41) is 2.96. The molecule has 2 heterocycles. The molecule has 1 aromatic heterocycles. The minimum atomic E-state index is -0.213. The van der Waals surface area contributed by atoms with Crippen molar-refractivity contribution in [2.45, 2.75) is 37.8 Å². The Morgan fingerprint density at radius 2 is 1.88 bits per heavy atom. The average Bonchev–Trinajstić information content (AvgIpc) is 3.38. The van der Waals surface area contributed by atoms with E-state index in [-0.39, 0.29) is 11.8 Å². The van der Waals surface area contributed by atoms with Crippen LogP contribution in [-0.2, 0) is 18.5 Å². The number of amides is 2. The van der Waals surface area contributed by atoms with Crippen LogP contribution in [0, 0.1) is 0 Å². The second kappa shape index (κ2) is 9.17. The van der Waals surface area contributed by atoms with Crippen LogP contribution in [0.5, 0.6) is 0 Å². The summed E-state index contributed by atoms with van der Waals surface area (Å²) in [5.74, 6) is -0.214. The van der Waals surface area contributed by atoms with Gasteiger partial charge in [-0.25, -0.2) is 0 Å². The minimum Gasteiger partial charge on any atom is -0.330 e. The molecule has 34 heavy (non-hydrogen) atoms. The predicted octanol–water partition coefficient (Wildman–Crippen LogP) is 5.79. The number of thiophene rings is 1. The summed E-state index contributed by atoms with van der Waals surface area (Å²) in [6.45, 7) is 2.12. The zero-order valence-corrected chi connectivity index (χ0v) is 21.0. The summed E-state index contributed by atoms with van der Waals surface area (Å²) in [5.41, 5.74) is 5.05. The molecule has 1 fully saturated rings. The maximum Gasteiger partial charge on any atom is 0.265 e. The fourth-order valence-electron chi connectivity index (χ4n) is 4.71. The molecule has 7 heteroatoms. The van der Waals surface area contributed by atoms with E-state index in [2.05, 4.69) is 48.6 Å². The highest BCUT2D eigenvalue weighted by Crippen LogP contribution is 2.51. The Labute approximate surface area is 209 Å². The Kier molecular flexibility index (Phi) is 6.23. The molecule has 0 saturated heterocycles. The van der Waals surface area contributed by atoms with Crippen molar-refractivity contribution in [3.05, 3.63) is 86.1 Å². The molecule has 0 bridgehead atoms. The quantitative estimate of drug-likeness (QED) is 0.432. The Balaban J connectivity index is 1.27. The van der Waals surface area contributed by atoms with Crippen molar-refractivity contribution in [3.63, 3.8) is 0 Å². The fraction of sp³-hybridized carbons (Fsp3) is 0.333. The Morgan fingerprint density at radius 3 is 2.53 bits per heavy atom. The summed E-state index contributed by atoms with van der Waals surface area (Å²) in [6, 6.07) is 17.7. The molecular weight excluding hydrogens is 466 g/mol. The van der Waals surface area contributed by atoms with Crippen LogP contribution in [0.25, 0.3) is 0 Å². The third-order valence-corrected chi connectivity index (χ3v) is 8.15. The molecule has 1 aliphatic heterocycles. The van der Waals surface area contributed by atoms with Gasteiger partial charge in [-0.15, -0.1) is 11.3 Å². The number of hydrogen-bond acceptors (Lipinski definition) is 4. The van der Waals surface area contributed by atoms with Crippen LogP contribution in [0.1, 0.15) is 56.0 Å². The molecule has 5 rings (SSSR count). The zero-order chi connectivity index (χ0) is 23.9. The van der Waals surface area contributed by atoms with Crippen LogP contribution in [0.15, 0.2) is 54.6 Å². The van der Waals surface area contributed by atoms with E-state index in [1.54, 1.807) is 12.1 Å². The van der Waals surface area contributed by atoms with Crippen LogP contribution >= 0.6 is 22.9 Å². The molecule has 3 aromatic rings. The molecule has 2 amide bonds. The summed E-state index contributed by atoms with van der Waals surface area (Å²) < 4.78 is 0.570.